The number of carbonyl (C=O) groups excluding carboxylic acids is 2. The van der Waals surface area contributed by atoms with Gasteiger partial charge in [-0.1, -0.05) is 0 Å². The Morgan fingerprint density at radius 3 is 2.74 bits per heavy atom. The Balaban J connectivity index is 1.88. The van der Waals surface area contributed by atoms with Crippen molar-refractivity contribution < 1.29 is 14.7 Å². The van der Waals surface area contributed by atoms with Crippen LogP contribution in [0.2, 0.25) is 0 Å². The summed E-state index contributed by atoms with van der Waals surface area (Å²) < 4.78 is 0. The minimum absolute atomic E-state index is 0.0306. The van der Waals surface area contributed by atoms with Crippen molar-refractivity contribution in [2.75, 3.05) is 18.5 Å². The lowest BCUT2D eigenvalue weighted by Gasteiger charge is -2.34. The van der Waals surface area contributed by atoms with E-state index in [1.807, 2.05) is 12.1 Å². The first-order chi connectivity index (χ1) is 10.8. The van der Waals surface area contributed by atoms with E-state index in [0.717, 1.165) is 24.1 Å². The lowest BCUT2D eigenvalue weighted by Crippen LogP contribution is -2.48. The van der Waals surface area contributed by atoms with Crippen molar-refractivity contribution in [2.45, 2.75) is 51.2 Å². The molecule has 1 atom stereocenters. The molecule has 2 amide bonds. The zero-order valence-corrected chi connectivity index (χ0v) is 14.0. The Bertz CT molecular complexity index is 648. The molecule has 1 unspecified atom stereocenters. The maximum atomic E-state index is 12.9. The van der Waals surface area contributed by atoms with E-state index in [9.17, 15) is 14.7 Å². The van der Waals surface area contributed by atoms with Gasteiger partial charge >= 0.3 is 0 Å². The first kappa shape index (κ1) is 16.0. The number of amides is 2. The number of hydrogen-bond donors (Lipinski definition) is 1. The Morgan fingerprint density at radius 2 is 2.04 bits per heavy atom. The van der Waals surface area contributed by atoms with Crippen LogP contribution < -0.4 is 4.90 Å². The summed E-state index contributed by atoms with van der Waals surface area (Å²) in [5.41, 5.74) is 1.67. The van der Waals surface area contributed by atoms with Gasteiger partial charge < -0.3 is 14.9 Å². The van der Waals surface area contributed by atoms with Crippen molar-refractivity contribution in [1.82, 2.24) is 4.90 Å². The molecule has 1 N–H and O–H groups in total. The van der Waals surface area contributed by atoms with Crippen molar-refractivity contribution in [3.63, 3.8) is 0 Å². The third kappa shape index (κ3) is 2.85. The summed E-state index contributed by atoms with van der Waals surface area (Å²) >= 11 is 0. The highest BCUT2D eigenvalue weighted by Crippen LogP contribution is 2.31. The average molecular weight is 316 g/mol. The van der Waals surface area contributed by atoms with Crippen molar-refractivity contribution >= 4 is 17.5 Å². The number of aliphatic hydroxyl groups is 1. The third-order valence-corrected chi connectivity index (χ3v) is 5.00. The van der Waals surface area contributed by atoms with Crippen LogP contribution in [0.25, 0.3) is 0 Å². The molecular weight excluding hydrogens is 292 g/mol. The summed E-state index contributed by atoms with van der Waals surface area (Å²) in [4.78, 5) is 28.1. The molecule has 3 rings (SSSR count). The number of rotatable bonds is 2. The highest BCUT2D eigenvalue weighted by Gasteiger charge is 2.38. The van der Waals surface area contributed by atoms with E-state index < -0.39 is 5.60 Å². The monoisotopic (exact) mass is 316 g/mol. The van der Waals surface area contributed by atoms with Gasteiger partial charge in [0.25, 0.3) is 5.91 Å². The van der Waals surface area contributed by atoms with Gasteiger partial charge in [-0.05, 0) is 56.9 Å². The van der Waals surface area contributed by atoms with E-state index in [4.69, 9.17) is 0 Å². The van der Waals surface area contributed by atoms with Crippen LogP contribution in [0.1, 0.15) is 49.0 Å². The van der Waals surface area contributed by atoms with Gasteiger partial charge in [-0.25, -0.2) is 0 Å². The van der Waals surface area contributed by atoms with Gasteiger partial charge in [0.15, 0.2) is 0 Å². The molecule has 2 heterocycles. The van der Waals surface area contributed by atoms with Crippen LogP contribution >= 0.6 is 0 Å². The second-order valence-electron chi connectivity index (χ2n) is 7.11. The van der Waals surface area contributed by atoms with E-state index in [-0.39, 0.29) is 17.9 Å². The molecular formula is C18H24N2O3. The van der Waals surface area contributed by atoms with Crippen LogP contribution in [0, 0.1) is 0 Å². The molecule has 2 aliphatic rings. The molecule has 1 saturated heterocycles. The van der Waals surface area contributed by atoms with Crippen LogP contribution in [0.4, 0.5) is 5.69 Å². The number of aryl methyl sites for hydroxylation is 1. The van der Waals surface area contributed by atoms with Crippen molar-refractivity contribution in [2.24, 2.45) is 0 Å². The standard InChI is InChI=1S/C18H24N2O3/c1-18(2,23)15-5-4-10-20(15)17(22)13-6-8-14-12(11-13)7-9-16(21)19(14)3/h6,8,11,15,23H,4-5,7,9-10H2,1-3H3. The summed E-state index contributed by atoms with van der Waals surface area (Å²) in [5, 5.41) is 10.3. The van der Waals surface area contributed by atoms with Crippen molar-refractivity contribution in [1.29, 1.82) is 0 Å². The van der Waals surface area contributed by atoms with Crippen molar-refractivity contribution in [3.8, 4) is 0 Å². The maximum absolute atomic E-state index is 12.9. The molecule has 1 aromatic rings. The predicted octanol–water partition coefficient (Wildman–Crippen LogP) is 1.97. The lowest BCUT2D eigenvalue weighted by molar-refractivity contribution is -0.118. The molecule has 5 nitrogen and oxygen atoms in total. The molecule has 1 aromatic carbocycles. The number of nitrogens with zero attached hydrogens (tertiary/aromatic N) is 2. The minimum Gasteiger partial charge on any atom is -0.388 e. The van der Waals surface area contributed by atoms with Gasteiger partial charge in [0.1, 0.15) is 0 Å². The SMILES string of the molecule is CN1C(=O)CCc2cc(C(=O)N3CCCC3C(C)(C)O)ccc21. The largest absolute Gasteiger partial charge is 0.388 e. The van der Waals surface area contributed by atoms with E-state index in [1.165, 1.54) is 0 Å². The molecule has 0 aliphatic carbocycles. The summed E-state index contributed by atoms with van der Waals surface area (Å²) in [6.45, 7) is 4.20. The number of fused-ring (bicyclic) bond motifs is 1. The molecule has 0 bridgehead atoms. The van der Waals surface area contributed by atoms with Gasteiger partial charge in [-0.3, -0.25) is 9.59 Å². The number of benzene rings is 1. The van der Waals surface area contributed by atoms with Crippen LogP contribution in [0.5, 0.6) is 0 Å². The second-order valence-corrected chi connectivity index (χ2v) is 7.11. The Hall–Kier alpha value is -1.88. The van der Waals surface area contributed by atoms with Gasteiger partial charge in [-0.2, -0.15) is 0 Å². The number of hydrogen-bond acceptors (Lipinski definition) is 3. The molecule has 0 spiro atoms. The molecule has 0 aromatic heterocycles. The van der Waals surface area contributed by atoms with Crippen LogP contribution in [-0.2, 0) is 11.2 Å². The van der Waals surface area contributed by atoms with E-state index in [1.54, 1.807) is 36.8 Å². The average Bonchev–Trinajstić information content (AvgIpc) is 2.99. The highest BCUT2D eigenvalue weighted by atomic mass is 16.3. The Morgan fingerprint density at radius 1 is 1.30 bits per heavy atom. The summed E-state index contributed by atoms with van der Waals surface area (Å²) in [6.07, 6.45) is 2.91. The molecule has 0 radical (unpaired) electrons. The van der Waals surface area contributed by atoms with E-state index in [0.29, 0.717) is 24.9 Å². The van der Waals surface area contributed by atoms with Crippen LogP contribution in [0.3, 0.4) is 0 Å². The summed E-state index contributed by atoms with van der Waals surface area (Å²) in [5.74, 6) is 0.0789. The zero-order valence-electron chi connectivity index (χ0n) is 14.0. The zero-order chi connectivity index (χ0) is 16.8. The summed E-state index contributed by atoms with van der Waals surface area (Å²) in [7, 11) is 1.77. The van der Waals surface area contributed by atoms with Crippen molar-refractivity contribution in [3.05, 3.63) is 29.3 Å². The quantitative estimate of drug-likeness (QED) is 0.907. The second kappa shape index (κ2) is 5.64. The number of carbonyl (C=O) groups is 2. The van der Waals surface area contributed by atoms with Gasteiger partial charge in [-0.15, -0.1) is 0 Å². The van der Waals surface area contributed by atoms with Gasteiger partial charge in [0.05, 0.1) is 11.6 Å². The lowest BCUT2D eigenvalue weighted by atomic mass is 9.95. The Labute approximate surface area is 136 Å². The van der Waals surface area contributed by atoms with E-state index >= 15 is 0 Å². The fourth-order valence-corrected chi connectivity index (χ4v) is 3.70. The minimum atomic E-state index is -0.896. The summed E-state index contributed by atoms with van der Waals surface area (Å²) in [6, 6.07) is 5.40. The molecule has 1 fully saturated rings. The first-order valence-electron chi connectivity index (χ1n) is 8.22. The smallest absolute Gasteiger partial charge is 0.254 e. The number of likely N-dealkylation sites (tertiary alicyclic amines) is 1. The molecule has 0 saturated carbocycles. The third-order valence-electron chi connectivity index (χ3n) is 5.00. The maximum Gasteiger partial charge on any atom is 0.254 e. The van der Waals surface area contributed by atoms with Crippen LogP contribution in [0.15, 0.2) is 18.2 Å². The Kier molecular flexibility index (Phi) is 3.92. The topological polar surface area (TPSA) is 60.9 Å². The molecule has 124 valence electrons. The molecule has 5 heteroatoms. The number of anilines is 1. The molecule has 2 aliphatic heterocycles. The van der Waals surface area contributed by atoms with Gasteiger partial charge in [0.2, 0.25) is 5.91 Å². The molecule has 23 heavy (non-hydrogen) atoms. The highest BCUT2D eigenvalue weighted by molar-refractivity contribution is 5.99. The fourth-order valence-electron chi connectivity index (χ4n) is 3.70. The normalized spacial score (nSPS) is 21.6. The van der Waals surface area contributed by atoms with E-state index in [2.05, 4.69) is 0 Å². The predicted molar refractivity (Wildman–Crippen MR) is 88.5 cm³/mol. The van der Waals surface area contributed by atoms with Crippen LogP contribution in [-0.4, -0.2) is 47.1 Å². The fraction of sp³-hybridized carbons (Fsp3) is 0.556. The first-order valence-corrected chi connectivity index (χ1v) is 8.22. The van der Waals surface area contributed by atoms with Gasteiger partial charge in [0, 0.05) is 31.3 Å².